The van der Waals surface area contributed by atoms with E-state index in [2.05, 4.69) is 61.7 Å². The van der Waals surface area contributed by atoms with Crippen molar-refractivity contribution in [1.82, 2.24) is 0 Å². The Morgan fingerprint density at radius 3 is 1.68 bits per heavy atom. The van der Waals surface area contributed by atoms with Crippen LogP contribution in [0.5, 0.6) is 0 Å². The molecule has 0 radical (unpaired) electrons. The SMILES string of the molecule is C=CCCc1ccc(-c2ccc(CC=C)cc2)cc1. The quantitative estimate of drug-likeness (QED) is 0.616. The molecular formula is C19H20. The van der Waals surface area contributed by atoms with E-state index in [4.69, 9.17) is 0 Å². The van der Waals surface area contributed by atoms with Gasteiger partial charge < -0.3 is 0 Å². The van der Waals surface area contributed by atoms with Crippen LogP contribution < -0.4 is 0 Å². The standard InChI is InChI=1S/C19H20/c1-3-5-7-17-10-14-19(15-11-17)18-12-8-16(6-4-2)9-13-18/h3-4,8-15H,1-2,5-7H2. The molecule has 2 aromatic rings. The largest absolute Gasteiger partial charge is 0.103 e. The molecule has 0 amide bonds. The zero-order chi connectivity index (χ0) is 13.5. The van der Waals surface area contributed by atoms with Crippen molar-refractivity contribution in [3.63, 3.8) is 0 Å². The molecule has 0 atom stereocenters. The summed E-state index contributed by atoms with van der Waals surface area (Å²) in [5.74, 6) is 0. The van der Waals surface area contributed by atoms with Gasteiger partial charge in [0.05, 0.1) is 0 Å². The fraction of sp³-hybridized carbons (Fsp3) is 0.158. The lowest BCUT2D eigenvalue weighted by molar-refractivity contribution is 1.00. The minimum atomic E-state index is 0.931. The van der Waals surface area contributed by atoms with Crippen LogP contribution in [0.25, 0.3) is 11.1 Å². The molecule has 0 bridgehead atoms. The first-order valence-electron chi connectivity index (χ1n) is 6.73. The fourth-order valence-electron chi connectivity index (χ4n) is 2.13. The molecule has 2 rings (SSSR count). The maximum Gasteiger partial charge on any atom is -0.0100 e. The molecule has 0 nitrogen and oxygen atoms in total. The third kappa shape index (κ3) is 3.69. The molecule has 0 spiro atoms. The van der Waals surface area contributed by atoms with Crippen LogP contribution in [0.2, 0.25) is 0 Å². The van der Waals surface area contributed by atoms with Gasteiger partial charge in [0.25, 0.3) is 0 Å². The van der Waals surface area contributed by atoms with Gasteiger partial charge in [0.15, 0.2) is 0 Å². The number of hydrogen-bond donors (Lipinski definition) is 0. The average molecular weight is 248 g/mol. The van der Waals surface area contributed by atoms with E-state index in [0.29, 0.717) is 0 Å². The van der Waals surface area contributed by atoms with E-state index in [1.165, 1.54) is 22.3 Å². The summed E-state index contributed by atoms with van der Waals surface area (Å²) < 4.78 is 0. The highest BCUT2D eigenvalue weighted by molar-refractivity contribution is 5.64. The Hall–Kier alpha value is -2.08. The van der Waals surface area contributed by atoms with Crippen LogP contribution in [0, 0.1) is 0 Å². The molecule has 0 saturated heterocycles. The first-order chi connectivity index (χ1) is 9.33. The Morgan fingerprint density at radius 2 is 1.21 bits per heavy atom. The summed E-state index contributed by atoms with van der Waals surface area (Å²) in [7, 11) is 0. The normalized spacial score (nSPS) is 10.1. The van der Waals surface area contributed by atoms with Crippen molar-refractivity contribution in [1.29, 1.82) is 0 Å². The summed E-state index contributed by atoms with van der Waals surface area (Å²) in [6.07, 6.45) is 6.94. The van der Waals surface area contributed by atoms with Gasteiger partial charge in [-0.15, -0.1) is 13.2 Å². The third-order valence-electron chi connectivity index (χ3n) is 3.26. The summed E-state index contributed by atoms with van der Waals surface area (Å²) >= 11 is 0. The van der Waals surface area contributed by atoms with Crippen molar-refractivity contribution in [3.8, 4) is 11.1 Å². The van der Waals surface area contributed by atoms with E-state index in [1.54, 1.807) is 0 Å². The van der Waals surface area contributed by atoms with Crippen molar-refractivity contribution >= 4 is 0 Å². The van der Waals surface area contributed by atoms with E-state index in [0.717, 1.165) is 19.3 Å². The van der Waals surface area contributed by atoms with Gasteiger partial charge in [-0.25, -0.2) is 0 Å². The summed E-state index contributed by atoms with van der Waals surface area (Å²) in [5, 5.41) is 0. The predicted molar refractivity (Wildman–Crippen MR) is 84.3 cm³/mol. The molecule has 0 aliphatic rings. The smallest absolute Gasteiger partial charge is 0.0100 e. The maximum atomic E-state index is 3.76. The minimum Gasteiger partial charge on any atom is -0.103 e. The highest BCUT2D eigenvalue weighted by Gasteiger charge is 1.98. The van der Waals surface area contributed by atoms with Crippen molar-refractivity contribution < 1.29 is 0 Å². The highest BCUT2D eigenvalue weighted by atomic mass is 14.0. The Balaban J connectivity index is 2.12. The topological polar surface area (TPSA) is 0 Å². The van der Waals surface area contributed by atoms with Gasteiger partial charge in [-0.3, -0.25) is 0 Å². The van der Waals surface area contributed by atoms with Gasteiger partial charge in [0, 0.05) is 0 Å². The second-order valence-electron chi connectivity index (χ2n) is 4.71. The molecule has 0 aliphatic carbocycles. The van der Waals surface area contributed by atoms with E-state index in [9.17, 15) is 0 Å². The second-order valence-corrected chi connectivity index (χ2v) is 4.71. The first kappa shape index (κ1) is 13.4. The van der Waals surface area contributed by atoms with Crippen LogP contribution in [-0.2, 0) is 12.8 Å². The Labute approximate surface area is 116 Å². The van der Waals surface area contributed by atoms with Gasteiger partial charge in [-0.05, 0) is 41.5 Å². The number of hydrogen-bond acceptors (Lipinski definition) is 0. The Kier molecular flexibility index (Phi) is 4.74. The van der Waals surface area contributed by atoms with Gasteiger partial charge in [0.1, 0.15) is 0 Å². The van der Waals surface area contributed by atoms with Gasteiger partial charge >= 0.3 is 0 Å². The van der Waals surface area contributed by atoms with Crippen LogP contribution in [0.4, 0.5) is 0 Å². The summed E-state index contributed by atoms with van der Waals surface area (Å²) in [5.41, 5.74) is 5.21. The molecule has 0 heteroatoms. The molecule has 0 aromatic heterocycles. The van der Waals surface area contributed by atoms with Gasteiger partial charge in [-0.2, -0.15) is 0 Å². The van der Waals surface area contributed by atoms with E-state index >= 15 is 0 Å². The number of benzene rings is 2. The van der Waals surface area contributed by atoms with E-state index in [-0.39, 0.29) is 0 Å². The van der Waals surface area contributed by atoms with Crippen LogP contribution in [-0.4, -0.2) is 0 Å². The number of allylic oxidation sites excluding steroid dienone is 2. The van der Waals surface area contributed by atoms with E-state index < -0.39 is 0 Å². The lowest BCUT2D eigenvalue weighted by Gasteiger charge is -2.05. The average Bonchev–Trinajstić information content (AvgIpc) is 2.47. The molecule has 96 valence electrons. The van der Waals surface area contributed by atoms with Crippen molar-refractivity contribution in [2.75, 3.05) is 0 Å². The molecule has 2 aromatic carbocycles. The van der Waals surface area contributed by atoms with Crippen LogP contribution in [0.15, 0.2) is 73.8 Å². The lowest BCUT2D eigenvalue weighted by atomic mass is 10.0. The molecule has 0 saturated carbocycles. The fourth-order valence-corrected chi connectivity index (χ4v) is 2.13. The zero-order valence-corrected chi connectivity index (χ0v) is 11.3. The van der Waals surface area contributed by atoms with Crippen molar-refractivity contribution in [2.24, 2.45) is 0 Å². The summed E-state index contributed by atoms with van der Waals surface area (Å²) in [6, 6.07) is 17.5. The summed E-state index contributed by atoms with van der Waals surface area (Å²) in [6.45, 7) is 7.52. The molecule has 0 fully saturated rings. The second kappa shape index (κ2) is 6.75. The van der Waals surface area contributed by atoms with Crippen molar-refractivity contribution in [2.45, 2.75) is 19.3 Å². The Bertz CT molecular complexity index is 529. The van der Waals surface area contributed by atoms with Crippen LogP contribution >= 0.6 is 0 Å². The van der Waals surface area contributed by atoms with E-state index in [1.807, 2.05) is 12.2 Å². The maximum absolute atomic E-state index is 3.76. The number of aryl methyl sites for hydroxylation is 1. The third-order valence-corrected chi connectivity index (χ3v) is 3.26. The molecule has 0 unspecified atom stereocenters. The molecule has 0 heterocycles. The van der Waals surface area contributed by atoms with Gasteiger partial charge in [-0.1, -0.05) is 60.7 Å². The first-order valence-corrected chi connectivity index (χ1v) is 6.73. The minimum absolute atomic E-state index is 0.931. The molecule has 0 aliphatic heterocycles. The van der Waals surface area contributed by atoms with Gasteiger partial charge in [0.2, 0.25) is 0 Å². The molecule has 19 heavy (non-hydrogen) atoms. The number of rotatable bonds is 6. The Morgan fingerprint density at radius 1 is 0.684 bits per heavy atom. The predicted octanol–water partition coefficient (Wildman–Crippen LogP) is 5.20. The lowest BCUT2D eigenvalue weighted by Crippen LogP contribution is -1.85. The molecule has 0 N–H and O–H groups in total. The molecular weight excluding hydrogens is 228 g/mol. The van der Waals surface area contributed by atoms with Crippen molar-refractivity contribution in [3.05, 3.63) is 85.0 Å². The highest BCUT2D eigenvalue weighted by Crippen LogP contribution is 2.21. The van der Waals surface area contributed by atoms with Crippen LogP contribution in [0.3, 0.4) is 0 Å². The summed E-state index contributed by atoms with van der Waals surface area (Å²) in [4.78, 5) is 0. The van der Waals surface area contributed by atoms with Crippen LogP contribution in [0.1, 0.15) is 17.5 Å². The monoisotopic (exact) mass is 248 g/mol. The zero-order valence-electron chi connectivity index (χ0n) is 11.3.